The SMILES string of the molecule is CN(C(=O)c1ccccc1F)C1CCC(O)CC1. The lowest BCUT2D eigenvalue weighted by Crippen LogP contribution is -2.40. The number of rotatable bonds is 2. The number of carbonyl (C=O) groups is 1. The van der Waals surface area contributed by atoms with E-state index in [4.69, 9.17) is 0 Å². The number of amides is 1. The van der Waals surface area contributed by atoms with Crippen molar-refractivity contribution in [1.82, 2.24) is 4.90 Å². The van der Waals surface area contributed by atoms with Crippen molar-refractivity contribution in [3.8, 4) is 0 Å². The van der Waals surface area contributed by atoms with Crippen LogP contribution in [0.1, 0.15) is 36.0 Å². The van der Waals surface area contributed by atoms with Crippen LogP contribution in [0.4, 0.5) is 4.39 Å². The van der Waals surface area contributed by atoms with Crippen molar-refractivity contribution in [2.24, 2.45) is 0 Å². The molecule has 1 aromatic carbocycles. The molecule has 4 heteroatoms. The molecule has 1 fully saturated rings. The van der Waals surface area contributed by atoms with Gasteiger partial charge in [0.2, 0.25) is 0 Å². The van der Waals surface area contributed by atoms with Crippen LogP contribution in [0.3, 0.4) is 0 Å². The molecule has 0 unspecified atom stereocenters. The first kappa shape index (κ1) is 13.0. The Balaban J connectivity index is 2.07. The van der Waals surface area contributed by atoms with Crippen LogP contribution in [-0.2, 0) is 0 Å². The fourth-order valence-corrected chi connectivity index (χ4v) is 2.44. The molecule has 1 saturated carbocycles. The average molecular weight is 251 g/mol. The first-order chi connectivity index (χ1) is 8.59. The van der Waals surface area contributed by atoms with Gasteiger partial charge in [0.25, 0.3) is 5.91 Å². The molecule has 18 heavy (non-hydrogen) atoms. The van der Waals surface area contributed by atoms with Crippen LogP contribution < -0.4 is 0 Å². The summed E-state index contributed by atoms with van der Waals surface area (Å²) in [7, 11) is 1.71. The fraction of sp³-hybridized carbons (Fsp3) is 0.500. The van der Waals surface area contributed by atoms with Crippen LogP contribution >= 0.6 is 0 Å². The second-order valence-corrected chi connectivity index (χ2v) is 4.86. The van der Waals surface area contributed by atoms with Gasteiger partial charge in [-0.2, -0.15) is 0 Å². The smallest absolute Gasteiger partial charge is 0.256 e. The normalized spacial score (nSPS) is 23.7. The Kier molecular flexibility index (Phi) is 3.97. The molecule has 1 amide bonds. The number of nitrogens with zero attached hydrogens (tertiary/aromatic N) is 1. The van der Waals surface area contributed by atoms with Gasteiger partial charge in [0.05, 0.1) is 11.7 Å². The zero-order valence-electron chi connectivity index (χ0n) is 10.5. The zero-order chi connectivity index (χ0) is 13.1. The molecule has 3 nitrogen and oxygen atoms in total. The van der Waals surface area contributed by atoms with E-state index in [1.54, 1.807) is 24.1 Å². The minimum atomic E-state index is -0.481. The summed E-state index contributed by atoms with van der Waals surface area (Å²) >= 11 is 0. The lowest BCUT2D eigenvalue weighted by Gasteiger charge is -2.33. The van der Waals surface area contributed by atoms with E-state index in [9.17, 15) is 14.3 Å². The van der Waals surface area contributed by atoms with Gasteiger partial charge in [-0.15, -0.1) is 0 Å². The van der Waals surface area contributed by atoms with E-state index in [1.807, 2.05) is 0 Å². The van der Waals surface area contributed by atoms with Gasteiger partial charge in [-0.05, 0) is 37.8 Å². The quantitative estimate of drug-likeness (QED) is 0.875. The van der Waals surface area contributed by atoms with Gasteiger partial charge >= 0.3 is 0 Å². The number of hydrogen-bond donors (Lipinski definition) is 1. The summed E-state index contributed by atoms with van der Waals surface area (Å²) in [4.78, 5) is 13.8. The third kappa shape index (κ3) is 2.70. The summed E-state index contributed by atoms with van der Waals surface area (Å²) in [6.07, 6.45) is 2.72. The van der Waals surface area contributed by atoms with Gasteiger partial charge in [-0.3, -0.25) is 4.79 Å². The lowest BCUT2D eigenvalue weighted by atomic mass is 9.92. The summed E-state index contributed by atoms with van der Waals surface area (Å²) in [5, 5.41) is 9.45. The molecule has 0 spiro atoms. The first-order valence-electron chi connectivity index (χ1n) is 6.29. The first-order valence-corrected chi connectivity index (χ1v) is 6.29. The molecule has 0 heterocycles. The van der Waals surface area contributed by atoms with Gasteiger partial charge in [0, 0.05) is 13.1 Å². The molecule has 2 rings (SSSR count). The van der Waals surface area contributed by atoms with E-state index in [2.05, 4.69) is 0 Å². The molecule has 1 aliphatic rings. The highest BCUT2D eigenvalue weighted by Gasteiger charge is 2.27. The van der Waals surface area contributed by atoms with E-state index in [1.165, 1.54) is 12.1 Å². The van der Waals surface area contributed by atoms with Crippen molar-refractivity contribution < 1.29 is 14.3 Å². The molecule has 0 atom stereocenters. The monoisotopic (exact) mass is 251 g/mol. The number of benzene rings is 1. The minimum Gasteiger partial charge on any atom is -0.393 e. The van der Waals surface area contributed by atoms with Crippen molar-refractivity contribution in [3.05, 3.63) is 35.6 Å². The predicted molar refractivity (Wildman–Crippen MR) is 66.8 cm³/mol. The maximum atomic E-state index is 13.5. The molecule has 1 N–H and O–H groups in total. The Morgan fingerprint density at radius 3 is 2.50 bits per heavy atom. The van der Waals surface area contributed by atoms with E-state index in [0.29, 0.717) is 12.8 Å². The Labute approximate surface area is 106 Å². The summed E-state index contributed by atoms with van der Waals surface area (Å²) in [6, 6.07) is 6.13. The number of halogens is 1. The summed E-state index contributed by atoms with van der Waals surface area (Å²) in [6.45, 7) is 0. The number of hydrogen-bond acceptors (Lipinski definition) is 2. The van der Waals surface area contributed by atoms with Gasteiger partial charge in [-0.25, -0.2) is 4.39 Å². The van der Waals surface area contributed by atoms with Crippen LogP contribution in [-0.4, -0.2) is 35.1 Å². The molecular formula is C14H18FNO2. The second-order valence-electron chi connectivity index (χ2n) is 4.86. The third-order valence-electron chi connectivity index (χ3n) is 3.64. The van der Waals surface area contributed by atoms with E-state index < -0.39 is 5.82 Å². The highest BCUT2D eigenvalue weighted by Crippen LogP contribution is 2.23. The molecule has 0 saturated heterocycles. The van der Waals surface area contributed by atoms with E-state index in [0.717, 1.165) is 12.8 Å². The Morgan fingerprint density at radius 1 is 1.28 bits per heavy atom. The molecule has 1 aliphatic carbocycles. The number of carbonyl (C=O) groups excluding carboxylic acids is 1. The fourth-order valence-electron chi connectivity index (χ4n) is 2.44. The topological polar surface area (TPSA) is 40.5 Å². The Bertz CT molecular complexity index is 428. The average Bonchev–Trinajstić information content (AvgIpc) is 2.38. The van der Waals surface area contributed by atoms with Crippen molar-refractivity contribution in [2.75, 3.05) is 7.05 Å². The van der Waals surface area contributed by atoms with Crippen molar-refractivity contribution in [3.63, 3.8) is 0 Å². The largest absolute Gasteiger partial charge is 0.393 e. The summed E-state index contributed by atoms with van der Waals surface area (Å²) in [5.74, 6) is -0.764. The van der Waals surface area contributed by atoms with Crippen LogP contribution in [0.5, 0.6) is 0 Å². The maximum absolute atomic E-state index is 13.5. The summed E-state index contributed by atoms with van der Waals surface area (Å²) in [5.41, 5.74) is 0.117. The number of aliphatic hydroxyl groups is 1. The maximum Gasteiger partial charge on any atom is 0.256 e. The molecule has 0 aliphatic heterocycles. The van der Waals surface area contributed by atoms with Crippen molar-refractivity contribution in [1.29, 1.82) is 0 Å². The zero-order valence-corrected chi connectivity index (χ0v) is 10.5. The predicted octanol–water partition coefficient (Wildman–Crippen LogP) is 2.20. The highest BCUT2D eigenvalue weighted by molar-refractivity contribution is 5.94. The van der Waals surface area contributed by atoms with Crippen LogP contribution in [0, 0.1) is 5.82 Å². The molecular weight excluding hydrogens is 233 g/mol. The van der Waals surface area contributed by atoms with Crippen molar-refractivity contribution in [2.45, 2.75) is 37.8 Å². The highest BCUT2D eigenvalue weighted by atomic mass is 19.1. The molecule has 98 valence electrons. The molecule has 0 bridgehead atoms. The number of aliphatic hydroxyl groups excluding tert-OH is 1. The van der Waals surface area contributed by atoms with Gasteiger partial charge in [0.15, 0.2) is 0 Å². The second kappa shape index (κ2) is 5.48. The Morgan fingerprint density at radius 2 is 1.89 bits per heavy atom. The standard InChI is InChI=1S/C14H18FNO2/c1-16(10-6-8-11(17)9-7-10)14(18)12-4-2-3-5-13(12)15/h2-5,10-11,17H,6-9H2,1H3. The van der Waals surface area contributed by atoms with Crippen molar-refractivity contribution >= 4 is 5.91 Å². The summed E-state index contributed by atoms with van der Waals surface area (Å²) < 4.78 is 13.5. The van der Waals surface area contributed by atoms with Crippen LogP contribution in [0.2, 0.25) is 0 Å². The molecule has 1 aromatic rings. The van der Waals surface area contributed by atoms with Gasteiger partial charge in [0.1, 0.15) is 5.82 Å². The lowest BCUT2D eigenvalue weighted by molar-refractivity contribution is 0.0565. The third-order valence-corrected chi connectivity index (χ3v) is 3.64. The van der Waals surface area contributed by atoms with Crippen LogP contribution in [0.15, 0.2) is 24.3 Å². The molecule has 0 radical (unpaired) electrons. The van der Waals surface area contributed by atoms with Crippen LogP contribution in [0.25, 0.3) is 0 Å². The van der Waals surface area contributed by atoms with Gasteiger partial charge in [-0.1, -0.05) is 12.1 Å². The minimum absolute atomic E-state index is 0.0977. The van der Waals surface area contributed by atoms with Gasteiger partial charge < -0.3 is 10.0 Å². The molecule has 0 aromatic heterocycles. The van der Waals surface area contributed by atoms with E-state index in [-0.39, 0.29) is 23.6 Å². The Hall–Kier alpha value is -1.42. The van der Waals surface area contributed by atoms with E-state index >= 15 is 0 Å².